The Kier molecular flexibility index (Phi) is 20.3. The standard InChI is InChI=1S/C32H39N7O2S.C22H25N5.C10H16N2O3S/c1-2-3-11-26-37-29-30(22-8-4-5-9-23(22)35-31(29)33)39(26)18-21-15-13-20(14-16-21)17-34-27(40)12-7-6-10-25-28-24(19-42-25)36-32(41)38-28;1-2-3-8-19-26-20-21(17-6-4-5-7-18(17)25-22(20)24)27(19)14-16-11-9-15(13-23)10-12-16;13-8(14)4-2-1-3-7-9-6(5-16-7)11-10(15)12-9/h4-5,8-9,13-16,24-25,28H,2-3,6-7,10-12,17-19H2,1H3,(H2,33,35)(H,34,40)(H2,36,38,41);4-7,9-12H,2-3,8,13-14,23H2,1H3,(H2,24,25);6-7,9H,1-5H2,(H,13,14)(H2,11,12,15)/t24-,25-,28-;;6-,7-,9-/m1.1/s1. The van der Waals surface area contributed by atoms with E-state index in [-0.39, 0.29) is 48.6 Å². The molecule has 8 aromatic rings. The Morgan fingerprint density at radius 1 is 0.588 bits per heavy atom. The molecular weight excluding hydrogens is 1110 g/mol. The van der Waals surface area contributed by atoms with Crippen molar-refractivity contribution in [1.29, 1.82) is 0 Å². The lowest BCUT2D eigenvalue weighted by Crippen LogP contribution is -2.36. The number of carbonyl (C=O) groups excluding carboxylic acids is 3. The normalized spacial score (nSPS) is 19.4. The van der Waals surface area contributed by atoms with Crippen LogP contribution in [-0.2, 0) is 48.6 Å². The summed E-state index contributed by atoms with van der Waals surface area (Å²) in [6.45, 7) is 6.91. The second-order valence-corrected chi connectivity index (χ2v) is 25.1. The van der Waals surface area contributed by atoms with Crippen LogP contribution < -0.4 is 43.8 Å². The highest BCUT2D eigenvalue weighted by Gasteiger charge is 2.43. The minimum atomic E-state index is -0.729. The number of hydrogen-bond donors (Lipinski definition) is 9. The third-order valence-corrected chi connectivity index (χ3v) is 19.5. The summed E-state index contributed by atoms with van der Waals surface area (Å²) in [5.74, 6) is 4.35. The van der Waals surface area contributed by atoms with E-state index in [0.29, 0.717) is 48.2 Å². The maximum absolute atomic E-state index is 12.5. The average Bonchev–Trinajstić information content (AvgIpc) is 4.49. The number of aromatic nitrogens is 6. The smallest absolute Gasteiger partial charge is 0.315 e. The number of amides is 5. The van der Waals surface area contributed by atoms with Gasteiger partial charge in [-0.25, -0.2) is 29.5 Å². The van der Waals surface area contributed by atoms with E-state index in [4.69, 9.17) is 32.3 Å². The van der Waals surface area contributed by atoms with E-state index in [1.54, 1.807) is 0 Å². The summed E-state index contributed by atoms with van der Waals surface area (Å²) in [5, 5.41) is 26.5. The van der Waals surface area contributed by atoms with Gasteiger partial charge in [0.1, 0.15) is 22.7 Å². The quantitative estimate of drug-likeness (QED) is 0.0213. The van der Waals surface area contributed by atoms with E-state index in [2.05, 4.69) is 120 Å². The van der Waals surface area contributed by atoms with Gasteiger partial charge in [0.25, 0.3) is 0 Å². The fourth-order valence-electron chi connectivity index (χ4n) is 11.9. The summed E-state index contributed by atoms with van der Waals surface area (Å²) in [4.78, 5) is 64.5. The van der Waals surface area contributed by atoms with Crippen molar-refractivity contribution < 1.29 is 24.3 Å². The van der Waals surface area contributed by atoms with Gasteiger partial charge in [-0.1, -0.05) is 124 Å². The number of nitrogens with zero attached hydrogens (tertiary/aromatic N) is 6. The Balaban J connectivity index is 0.000000159. The number of rotatable bonds is 23. The monoisotopic (exact) mass is 1190 g/mol. The third kappa shape index (κ3) is 14.7. The summed E-state index contributed by atoms with van der Waals surface area (Å²) in [6.07, 6.45) is 12.5. The number of thioether (sulfide) groups is 2. The lowest BCUT2D eigenvalue weighted by atomic mass is 10.0. The molecule has 0 aliphatic carbocycles. The minimum absolute atomic E-state index is 0.0500. The molecule has 12 N–H and O–H groups in total. The number of benzene rings is 4. The lowest BCUT2D eigenvalue weighted by Gasteiger charge is -2.16. The molecule has 4 saturated heterocycles. The van der Waals surface area contributed by atoms with Gasteiger partial charge in [-0.3, -0.25) is 9.59 Å². The van der Waals surface area contributed by atoms with E-state index >= 15 is 0 Å². The van der Waals surface area contributed by atoms with Crippen molar-refractivity contribution in [2.24, 2.45) is 5.73 Å². The number of nitrogen functional groups attached to an aromatic ring is 2. The van der Waals surface area contributed by atoms with Gasteiger partial charge in [-0.2, -0.15) is 23.5 Å². The molecule has 8 heterocycles. The minimum Gasteiger partial charge on any atom is -0.481 e. The van der Waals surface area contributed by atoms with Gasteiger partial charge >= 0.3 is 18.0 Å². The number of nitrogens with one attached hydrogen (secondary N) is 5. The number of para-hydroxylation sites is 2. The number of nitrogens with two attached hydrogens (primary N) is 3. The van der Waals surface area contributed by atoms with Gasteiger partial charge in [-0.15, -0.1) is 0 Å². The van der Waals surface area contributed by atoms with Crippen molar-refractivity contribution >= 4 is 103 Å². The van der Waals surface area contributed by atoms with Crippen LogP contribution in [0.5, 0.6) is 0 Å². The molecule has 19 nitrogen and oxygen atoms in total. The molecule has 6 atom stereocenters. The van der Waals surface area contributed by atoms with E-state index in [1.165, 1.54) is 11.1 Å². The summed E-state index contributed by atoms with van der Waals surface area (Å²) in [6, 6.07) is 34.0. The molecule has 4 aromatic heterocycles. The van der Waals surface area contributed by atoms with Crippen molar-refractivity contribution in [3.63, 3.8) is 0 Å². The zero-order chi connectivity index (χ0) is 59.4. The largest absolute Gasteiger partial charge is 0.481 e. The molecule has 448 valence electrons. The van der Waals surface area contributed by atoms with Crippen LogP contribution in [0.3, 0.4) is 0 Å². The van der Waals surface area contributed by atoms with Gasteiger partial charge in [0.15, 0.2) is 11.6 Å². The van der Waals surface area contributed by atoms with Crippen molar-refractivity contribution in [3.8, 4) is 0 Å². The number of hydrogen-bond acceptors (Lipinski definition) is 13. The molecule has 0 saturated carbocycles. The highest BCUT2D eigenvalue weighted by atomic mass is 32.2. The van der Waals surface area contributed by atoms with Crippen LogP contribution in [0.4, 0.5) is 21.2 Å². The zero-order valence-electron chi connectivity index (χ0n) is 48.7. The summed E-state index contributed by atoms with van der Waals surface area (Å²) in [7, 11) is 0. The number of carbonyl (C=O) groups is 4. The average molecular weight is 1190 g/mol. The van der Waals surface area contributed by atoms with E-state index < -0.39 is 5.97 Å². The maximum Gasteiger partial charge on any atom is 0.315 e. The number of imidazole rings is 2. The Bertz CT molecular complexity index is 3630. The molecular formula is C64H80N14O5S2. The van der Waals surface area contributed by atoms with Crippen LogP contribution in [0.2, 0.25) is 0 Å². The van der Waals surface area contributed by atoms with Crippen LogP contribution in [-0.4, -0.2) is 104 Å². The van der Waals surface area contributed by atoms with Crippen LogP contribution in [0.1, 0.15) is 125 Å². The van der Waals surface area contributed by atoms with E-state index in [1.807, 2.05) is 59.9 Å². The van der Waals surface area contributed by atoms with Gasteiger partial charge in [-0.05, 0) is 72.9 Å². The van der Waals surface area contributed by atoms with Crippen LogP contribution in [0, 0.1) is 0 Å². The summed E-state index contributed by atoms with van der Waals surface area (Å²) < 4.78 is 4.60. The van der Waals surface area contributed by atoms with Gasteiger partial charge in [0.05, 0.1) is 46.2 Å². The highest BCUT2D eigenvalue weighted by Crippen LogP contribution is 2.36. The van der Waals surface area contributed by atoms with Crippen molar-refractivity contribution in [1.82, 2.24) is 55.7 Å². The predicted octanol–water partition coefficient (Wildman–Crippen LogP) is 9.71. The Morgan fingerprint density at radius 2 is 1.04 bits per heavy atom. The molecule has 0 radical (unpaired) electrons. The highest BCUT2D eigenvalue weighted by molar-refractivity contribution is 8.00. The molecule has 12 rings (SSSR count). The first-order valence-corrected chi connectivity index (χ1v) is 32.3. The number of pyridine rings is 2. The Hall–Kier alpha value is -7.62. The van der Waals surface area contributed by atoms with E-state index in [0.717, 1.165) is 162 Å². The molecule has 4 aliphatic rings. The second-order valence-electron chi connectivity index (χ2n) is 22.6. The second kappa shape index (κ2) is 28.5. The van der Waals surface area contributed by atoms with Crippen molar-refractivity contribution in [3.05, 3.63) is 131 Å². The molecule has 21 heteroatoms. The van der Waals surface area contributed by atoms with Crippen LogP contribution in [0.25, 0.3) is 43.9 Å². The molecule has 0 bridgehead atoms. The van der Waals surface area contributed by atoms with Gasteiger partial charge in [0.2, 0.25) is 5.91 Å². The summed E-state index contributed by atoms with van der Waals surface area (Å²) in [5.41, 5.74) is 28.4. The fourth-order valence-corrected chi connectivity index (χ4v) is 15.0. The molecule has 0 unspecified atom stereocenters. The molecule has 4 fully saturated rings. The fraction of sp³-hybridized carbons (Fsp3) is 0.438. The third-order valence-electron chi connectivity index (χ3n) is 16.5. The molecule has 4 aromatic carbocycles. The number of aliphatic carboxylic acids is 1. The number of urea groups is 2. The topological polar surface area (TPSA) is 288 Å². The lowest BCUT2D eigenvalue weighted by molar-refractivity contribution is -0.137. The molecule has 0 spiro atoms. The van der Waals surface area contributed by atoms with Gasteiger partial charge < -0.3 is 58.0 Å². The number of anilines is 2. The van der Waals surface area contributed by atoms with Crippen molar-refractivity contribution in [2.75, 3.05) is 23.0 Å². The first kappa shape index (κ1) is 60.5. The zero-order valence-corrected chi connectivity index (χ0v) is 50.3. The molecule has 85 heavy (non-hydrogen) atoms. The SMILES string of the molecule is CCCCc1nc2c(N)nc3ccccc3c2n1Cc1ccc(CN)cc1.CCCCc1nc2c(N)nc3ccccc3c2n1Cc1ccc(CNC(=O)CCCC[C@H]2SC[C@H]3NC(=O)N[C@H]32)cc1.O=C(O)CCCC[C@H]1SC[C@H]2NC(=O)N[C@H]21. The number of unbranched alkanes of at least 4 members (excludes halogenated alkanes) is 4. The Labute approximate surface area is 504 Å². The number of aryl methyl sites for hydroxylation is 2. The molecule has 5 amide bonds. The predicted molar refractivity (Wildman–Crippen MR) is 342 cm³/mol. The number of fused-ring (bicyclic) bond motifs is 8. The van der Waals surface area contributed by atoms with Crippen molar-refractivity contribution in [2.45, 2.75) is 165 Å². The number of carboxylic acids is 1. The summed E-state index contributed by atoms with van der Waals surface area (Å²) >= 11 is 3.79. The maximum atomic E-state index is 12.5. The van der Waals surface area contributed by atoms with Gasteiger partial charge in [0, 0.05) is 84.6 Å². The van der Waals surface area contributed by atoms with Crippen LogP contribution >= 0.6 is 23.5 Å². The van der Waals surface area contributed by atoms with Crippen LogP contribution in [0.15, 0.2) is 97.1 Å². The van der Waals surface area contributed by atoms with E-state index in [9.17, 15) is 19.2 Å². The Morgan fingerprint density at radius 3 is 1.49 bits per heavy atom. The first-order chi connectivity index (χ1) is 41.4. The molecule has 4 aliphatic heterocycles. The number of carboxylic acid groups (broad SMARTS) is 1. The first-order valence-electron chi connectivity index (χ1n) is 30.2.